The summed E-state index contributed by atoms with van der Waals surface area (Å²) in [4.78, 5) is 1.89. The molecule has 11 aromatic carbocycles. The fourth-order valence-corrected chi connectivity index (χ4v) is 9.09. The predicted octanol–water partition coefficient (Wildman–Crippen LogP) is 17.2. The molecule has 62 heavy (non-hydrogen) atoms. The summed E-state index contributed by atoms with van der Waals surface area (Å²) in [5, 5.41) is 8.62. The zero-order valence-corrected chi connectivity index (χ0v) is 33.6. The Morgan fingerprint density at radius 2 is 0.919 bits per heavy atom. The summed E-state index contributed by atoms with van der Waals surface area (Å²) in [5.41, 5.74) is 9.93. The molecule has 290 valence electrons. The second-order valence-electron chi connectivity index (χ2n) is 15.7. The number of fused-ring (bicyclic) bond motifs is 7. The Morgan fingerprint density at radius 1 is 0.339 bits per heavy atom. The predicted molar refractivity (Wildman–Crippen MR) is 263 cm³/mol. The minimum atomic E-state index is -0.143. The molecule has 12 aromatic rings. The molecular weight excluding hydrogens is 751 g/mol. The fraction of sp³-hybridized carbons (Fsp3) is 0. The lowest BCUT2D eigenvalue weighted by Gasteiger charge is -2.28. The van der Waals surface area contributed by atoms with Gasteiger partial charge in [0.05, 0.1) is 11.2 Å². The van der Waals surface area contributed by atoms with E-state index in [9.17, 15) is 5.48 Å². The number of benzene rings is 11. The summed E-state index contributed by atoms with van der Waals surface area (Å²) in [6.45, 7) is 0. The standard InChI is InChI=1S/C60H39NO/c1-2-13-47-39-48(28-25-40(47)11-1)43-31-36-50(37-32-43)61(49-34-29-42(30-35-49)41-23-26-45(27-24-41)52-19-9-14-44-12-3-4-16-51(44)52)57-21-7-5-17-53(57)55-20-10-15-46-33-38-56-54-18-6-8-22-58(54)62-60(56)59(46)55/h1-39H/i29D,30D,34D,35D. The number of para-hydroxylation sites is 2. The lowest BCUT2D eigenvalue weighted by molar-refractivity contribution is 0.673. The van der Waals surface area contributed by atoms with Gasteiger partial charge in [0.25, 0.3) is 0 Å². The first kappa shape index (κ1) is 31.7. The average Bonchev–Trinajstić information content (AvgIpc) is 3.76. The summed E-state index contributed by atoms with van der Waals surface area (Å²) in [6, 6.07) is 71.3. The first-order chi connectivity index (χ1) is 32.4. The molecule has 0 aliphatic rings. The zero-order chi connectivity index (χ0) is 44.5. The summed E-state index contributed by atoms with van der Waals surface area (Å²) < 4.78 is 45.4. The topological polar surface area (TPSA) is 16.4 Å². The molecule has 1 aromatic heterocycles. The van der Waals surface area contributed by atoms with Crippen molar-refractivity contribution in [2.45, 2.75) is 0 Å². The van der Waals surface area contributed by atoms with Gasteiger partial charge in [0.1, 0.15) is 11.2 Å². The fourth-order valence-electron chi connectivity index (χ4n) is 9.09. The van der Waals surface area contributed by atoms with Crippen LogP contribution in [0.4, 0.5) is 17.1 Å². The first-order valence-electron chi connectivity index (χ1n) is 22.9. The van der Waals surface area contributed by atoms with Gasteiger partial charge in [0.15, 0.2) is 0 Å². The maximum Gasteiger partial charge on any atom is 0.143 e. The molecule has 0 spiro atoms. The summed E-state index contributed by atoms with van der Waals surface area (Å²) in [5.74, 6) is 0. The van der Waals surface area contributed by atoms with E-state index in [2.05, 4.69) is 103 Å². The summed E-state index contributed by atoms with van der Waals surface area (Å²) in [7, 11) is 0. The van der Waals surface area contributed by atoms with Crippen molar-refractivity contribution in [2.75, 3.05) is 4.90 Å². The molecule has 1 heterocycles. The quantitative estimate of drug-likeness (QED) is 0.160. The van der Waals surface area contributed by atoms with Gasteiger partial charge in [0, 0.05) is 33.1 Å². The van der Waals surface area contributed by atoms with E-state index in [0.29, 0.717) is 16.9 Å². The van der Waals surface area contributed by atoms with Crippen molar-refractivity contribution in [2.24, 2.45) is 0 Å². The number of hydrogen-bond donors (Lipinski definition) is 0. The Kier molecular flexibility index (Phi) is 7.57. The van der Waals surface area contributed by atoms with Gasteiger partial charge in [-0.15, -0.1) is 0 Å². The van der Waals surface area contributed by atoms with Crippen LogP contribution in [0.1, 0.15) is 5.48 Å². The van der Waals surface area contributed by atoms with Crippen LogP contribution in [0.3, 0.4) is 0 Å². The van der Waals surface area contributed by atoms with Gasteiger partial charge in [-0.2, -0.15) is 0 Å². The minimum Gasteiger partial charge on any atom is -0.455 e. The number of anilines is 3. The Hall–Kier alpha value is -8.20. The van der Waals surface area contributed by atoms with Crippen molar-refractivity contribution in [3.8, 4) is 44.5 Å². The maximum atomic E-state index is 9.80. The van der Waals surface area contributed by atoms with E-state index in [-0.39, 0.29) is 35.4 Å². The Labute approximate surface area is 365 Å². The highest BCUT2D eigenvalue weighted by molar-refractivity contribution is 6.19. The van der Waals surface area contributed by atoms with Crippen molar-refractivity contribution in [3.63, 3.8) is 0 Å². The summed E-state index contributed by atoms with van der Waals surface area (Å²) in [6.07, 6.45) is 0. The Balaban J connectivity index is 1.04. The minimum absolute atomic E-state index is 0.117. The molecule has 2 nitrogen and oxygen atoms in total. The third kappa shape index (κ3) is 6.12. The molecule has 2 heteroatoms. The van der Waals surface area contributed by atoms with E-state index in [1.807, 2.05) is 114 Å². The van der Waals surface area contributed by atoms with E-state index in [0.717, 1.165) is 82.3 Å². The number of rotatable bonds is 7. The molecule has 0 aliphatic heterocycles. The van der Waals surface area contributed by atoms with Crippen molar-refractivity contribution >= 4 is 71.3 Å². The molecule has 0 atom stereocenters. The van der Waals surface area contributed by atoms with E-state index >= 15 is 0 Å². The number of nitrogens with zero attached hydrogens (tertiary/aromatic N) is 1. The van der Waals surface area contributed by atoms with Crippen LogP contribution in [0.5, 0.6) is 0 Å². The molecule has 0 aliphatic carbocycles. The first-order valence-corrected chi connectivity index (χ1v) is 20.9. The van der Waals surface area contributed by atoms with Gasteiger partial charge in [-0.1, -0.05) is 188 Å². The molecule has 0 radical (unpaired) electrons. The maximum absolute atomic E-state index is 9.80. The molecule has 0 bridgehead atoms. The molecular formula is C60H39NO. The third-order valence-corrected chi connectivity index (χ3v) is 12.1. The van der Waals surface area contributed by atoms with E-state index in [1.165, 1.54) is 5.39 Å². The molecule has 0 saturated carbocycles. The molecule has 12 rings (SSSR count). The van der Waals surface area contributed by atoms with Crippen LogP contribution in [0, 0.1) is 0 Å². The second-order valence-corrected chi connectivity index (χ2v) is 15.7. The van der Waals surface area contributed by atoms with Crippen LogP contribution >= 0.6 is 0 Å². The number of hydrogen-bond acceptors (Lipinski definition) is 2. The van der Waals surface area contributed by atoms with Crippen molar-refractivity contribution in [1.82, 2.24) is 0 Å². The van der Waals surface area contributed by atoms with Crippen LogP contribution in [0.15, 0.2) is 241 Å². The molecule has 0 N–H and O–H groups in total. The van der Waals surface area contributed by atoms with E-state index < -0.39 is 0 Å². The highest BCUT2D eigenvalue weighted by atomic mass is 16.3. The Bertz CT molecular complexity index is 3840. The van der Waals surface area contributed by atoms with Gasteiger partial charge in [-0.25, -0.2) is 0 Å². The third-order valence-electron chi connectivity index (χ3n) is 12.1. The normalized spacial score (nSPS) is 12.5. The monoisotopic (exact) mass is 793 g/mol. The highest BCUT2D eigenvalue weighted by Gasteiger charge is 2.21. The zero-order valence-electron chi connectivity index (χ0n) is 37.6. The van der Waals surface area contributed by atoms with Gasteiger partial charge in [-0.3, -0.25) is 0 Å². The van der Waals surface area contributed by atoms with Crippen LogP contribution in [0.2, 0.25) is 0 Å². The molecule has 0 amide bonds. The Morgan fingerprint density at radius 3 is 1.76 bits per heavy atom. The smallest absolute Gasteiger partial charge is 0.143 e. The van der Waals surface area contributed by atoms with Crippen molar-refractivity contribution in [3.05, 3.63) is 236 Å². The molecule has 0 unspecified atom stereocenters. The second kappa shape index (κ2) is 14.8. The van der Waals surface area contributed by atoms with Gasteiger partial charge in [0.2, 0.25) is 0 Å². The van der Waals surface area contributed by atoms with Crippen molar-refractivity contribution in [1.29, 1.82) is 0 Å². The number of furan rings is 1. The van der Waals surface area contributed by atoms with Gasteiger partial charge < -0.3 is 9.32 Å². The lowest BCUT2D eigenvalue weighted by Crippen LogP contribution is -2.11. The molecule has 0 saturated heterocycles. The van der Waals surface area contributed by atoms with Crippen LogP contribution in [0.25, 0.3) is 98.8 Å². The average molecular weight is 794 g/mol. The van der Waals surface area contributed by atoms with Gasteiger partial charge in [-0.05, 0) is 114 Å². The van der Waals surface area contributed by atoms with Gasteiger partial charge >= 0.3 is 0 Å². The molecule has 0 fully saturated rings. The van der Waals surface area contributed by atoms with Crippen LogP contribution in [-0.4, -0.2) is 0 Å². The largest absolute Gasteiger partial charge is 0.455 e. The van der Waals surface area contributed by atoms with Crippen molar-refractivity contribution < 1.29 is 9.90 Å². The van der Waals surface area contributed by atoms with E-state index in [1.54, 1.807) is 0 Å². The highest BCUT2D eigenvalue weighted by Crippen LogP contribution is 2.46. The van der Waals surface area contributed by atoms with Crippen LogP contribution < -0.4 is 4.90 Å². The lowest BCUT2D eigenvalue weighted by atomic mass is 9.94. The summed E-state index contributed by atoms with van der Waals surface area (Å²) >= 11 is 0. The van der Waals surface area contributed by atoms with Crippen LogP contribution in [-0.2, 0) is 0 Å². The SMILES string of the molecule is [2H]c1c([2H])c(N(c2ccc(-c3ccc4ccccc4c3)cc2)c2ccccc2-c2cccc3ccc4c5ccccc5oc4c23)c([2H])c([2H])c1-c1ccc(-c2cccc3ccccc23)cc1. The van der Waals surface area contributed by atoms with E-state index in [4.69, 9.17) is 4.42 Å².